The molecular formula is C17H8F4N2O3. The van der Waals surface area contributed by atoms with E-state index in [0.717, 1.165) is 24.3 Å². The zero-order valence-corrected chi connectivity index (χ0v) is 12.7. The summed E-state index contributed by atoms with van der Waals surface area (Å²) in [6.45, 7) is 0. The van der Waals surface area contributed by atoms with Crippen LogP contribution in [0.1, 0.15) is 15.9 Å². The number of aliphatic imine (C=N–C) groups is 1. The lowest BCUT2D eigenvalue weighted by atomic mass is 10.0. The second-order valence-corrected chi connectivity index (χ2v) is 5.55. The SMILES string of the molecule is O=C1C(c2c(O)[nH]c3ccc(OC(F)(F)F)cc23)=Nc2ccc(F)cc21. The molecule has 1 aromatic heterocycles. The first-order chi connectivity index (χ1) is 12.2. The van der Waals surface area contributed by atoms with E-state index in [4.69, 9.17) is 0 Å². The lowest BCUT2D eigenvalue weighted by Crippen LogP contribution is -2.17. The summed E-state index contributed by atoms with van der Waals surface area (Å²) in [5.74, 6) is -2.22. The number of halogens is 4. The summed E-state index contributed by atoms with van der Waals surface area (Å²) in [5.41, 5.74) is 0.233. The van der Waals surface area contributed by atoms with E-state index in [-0.39, 0.29) is 33.4 Å². The van der Waals surface area contributed by atoms with E-state index in [1.165, 1.54) is 12.1 Å². The number of rotatable bonds is 2. The quantitative estimate of drug-likeness (QED) is 0.669. The summed E-state index contributed by atoms with van der Waals surface area (Å²) in [6, 6.07) is 6.82. The van der Waals surface area contributed by atoms with Crippen molar-refractivity contribution in [1.82, 2.24) is 4.98 Å². The summed E-state index contributed by atoms with van der Waals surface area (Å²) in [7, 11) is 0. The van der Waals surface area contributed by atoms with Gasteiger partial charge in [-0.15, -0.1) is 13.2 Å². The number of carbonyl (C=O) groups excluding carboxylic acids is 1. The van der Waals surface area contributed by atoms with Crippen LogP contribution in [0.4, 0.5) is 23.2 Å². The largest absolute Gasteiger partial charge is 0.573 e. The lowest BCUT2D eigenvalue weighted by molar-refractivity contribution is -0.274. The van der Waals surface area contributed by atoms with E-state index < -0.39 is 29.6 Å². The van der Waals surface area contributed by atoms with Gasteiger partial charge >= 0.3 is 6.36 Å². The molecule has 132 valence electrons. The van der Waals surface area contributed by atoms with Gasteiger partial charge in [-0.3, -0.25) is 4.79 Å². The molecule has 4 rings (SSSR count). The van der Waals surface area contributed by atoms with Crippen molar-refractivity contribution >= 4 is 28.1 Å². The summed E-state index contributed by atoms with van der Waals surface area (Å²) < 4.78 is 54.5. The maximum Gasteiger partial charge on any atom is 0.573 e. The number of ketones is 1. The van der Waals surface area contributed by atoms with Crippen molar-refractivity contribution in [2.75, 3.05) is 0 Å². The number of alkyl halides is 3. The Bertz CT molecular complexity index is 1100. The van der Waals surface area contributed by atoms with Gasteiger partial charge in [0, 0.05) is 10.9 Å². The Morgan fingerprint density at radius 3 is 2.62 bits per heavy atom. The third kappa shape index (κ3) is 2.57. The van der Waals surface area contributed by atoms with Crippen molar-refractivity contribution < 1.29 is 32.2 Å². The number of benzene rings is 2. The van der Waals surface area contributed by atoms with E-state index in [2.05, 4.69) is 14.7 Å². The van der Waals surface area contributed by atoms with Gasteiger partial charge in [-0.05, 0) is 36.4 Å². The first-order valence-corrected chi connectivity index (χ1v) is 7.27. The second-order valence-electron chi connectivity index (χ2n) is 5.55. The first kappa shape index (κ1) is 16.1. The molecule has 26 heavy (non-hydrogen) atoms. The number of Topliss-reactive ketones (excluding diaryl/α,β-unsaturated/α-hetero) is 1. The van der Waals surface area contributed by atoms with Gasteiger partial charge in [-0.25, -0.2) is 9.38 Å². The third-order valence-electron chi connectivity index (χ3n) is 3.87. The van der Waals surface area contributed by atoms with Crippen LogP contribution in [0.5, 0.6) is 11.6 Å². The van der Waals surface area contributed by atoms with Crippen LogP contribution in [0.2, 0.25) is 0 Å². The molecule has 2 aromatic carbocycles. The molecule has 0 radical (unpaired) electrons. The van der Waals surface area contributed by atoms with Crippen LogP contribution in [0.3, 0.4) is 0 Å². The van der Waals surface area contributed by atoms with Crippen LogP contribution in [0.15, 0.2) is 41.4 Å². The molecule has 2 heterocycles. The van der Waals surface area contributed by atoms with Crippen molar-refractivity contribution in [2.45, 2.75) is 6.36 Å². The molecule has 0 fully saturated rings. The molecule has 1 aliphatic heterocycles. The van der Waals surface area contributed by atoms with E-state index in [1.807, 2.05) is 0 Å². The van der Waals surface area contributed by atoms with Gasteiger partial charge in [-0.1, -0.05) is 0 Å². The van der Waals surface area contributed by atoms with Crippen molar-refractivity contribution in [3.63, 3.8) is 0 Å². The van der Waals surface area contributed by atoms with Gasteiger partial charge in [0.2, 0.25) is 5.78 Å². The fourth-order valence-electron chi connectivity index (χ4n) is 2.85. The van der Waals surface area contributed by atoms with Gasteiger partial charge in [0.15, 0.2) is 5.88 Å². The topological polar surface area (TPSA) is 74.7 Å². The minimum Gasteiger partial charge on any atom is -0.494 e. The molecule has 0 amide bonds. The standard InChI is InChI=1S/C17H8F4N2O3/c18-7-1-3-12-10(5-7)15(24)14(22-12)13-9-6-8(26-17(19,20)21)2-4-11(9)23-16(13)25/h1-6,23,25H. The number of aromatic hydroxyl groups is 1. The zero-order chi connectivity index (χ0) is 18.6. The Kier molecular flexibility index (Phi) is 3.30. The normalized spacial score (nSPS) is 13.8. The lowest BCUT2D eigenvalue weighted by Gasteiger charge is -2.08. The Hall–Kier alpha value is -3.36. The number of aromatic amines is 1. The number of nitrogens with zero attached hydrogens (tertiary/aromatic N) is 1. The minimum absolute atomic E-state index is 0.0106. The van der Waals surface area contributed by atoms with Gasteiger partial charge < -0.3 is 14.8 Å². The fourth-order valence-corrected chi connectivity index (χ4v) is 2.85. The fraction of sp³-hybridized carbons (Fsp3) is 0.0588. The maximum absolute atomic E-state index is 13.4. The number of hydrogen-bond acceptors (Lipinski definition) is 4. The van der Waals surface area contributed by atoms with Crippen molar-refractivity contribution in [2.24, 2.45) is 4.99 Å². The van der Waals surface area contributed by atoms with Crippen molar-refractivity contribution in [3.8, 4) is 11.6 Å². The van der Waals surface area contributed by atoms with Crippen LogP contribution in [0.25, 0.3) is 10.9 Å². The van der Waals surface area contributed by atoms with Gasteiger partial charge in [0.05, 0.1) is 16.8 Å². The summed E-state index contributed by atoms with van der Waals surface area (Å²) in [6.07, 6.45) is -4.89. The van der Waals surface area contributed by atoms with E-state index in [9.17, 15) is 27.5 Å². The summed E-state index contributed by atoms with van der Waals surface area (Å²) in [5, 5.41) is 10.3. The molecule has 0 saturated carbocycles. The number of H-pyrrole nitrogens is 1. The Balaban J connectivity index is 1.86. The Morgan fingerprint density at radius 1 is 1.12 bits per heavy atom. The van der Waals surface area contributed by atoms with E-state index in [1.54, 1.807) is 0 Å². The average Bonchev–Trinajstić information content (AvgIpc) is 3.02. The van der Waals surface area contributed by atoms with E-state index in [0.29, 0.717) is 0 Å². The predicted molar refractivity (Wildman–Crippen MR) is 83.6 cm³/mol. The van der Waals surface area contributed by atoms with Crippen LogP contribution >= 0.6 is 0 Å². The smallest absolute Gasteiger partial charge is 0.494 e. The van der Waals surface area contributed by atoms with Gasteiger partial charge in [0.25, 0.3) is 0 Å². The summed E-state index contributed by atoms with van der Waals surface area (Å²) >= 11 is 0. The molecule has 0 unspecified atom stereocenters. The second kappa shape index (κ2) is 5.32. The molecule has 0 aliphatic carbocycles. The highest BCUT2D eigenvalue weighted by Crippen LogP contribution is 2.37. The van der Waals surface area contributed by atoms with Gasteiger partial charge in [-0.2, -0.15) is 0 Å². The highest BCUT2D eigenvalue weighted by Gasteiger charge is 2.33. The molecule has 9 heteroatoms. The first-order valence-electron chi connectivity index (χ1n) is 7.27. The Labute approximate surface area is 142 Å². The van der Waals surface area contributed by atoms with Crippen LogP contribution < -0.4 is 4.74 Å². The molecule has 2 N–H and O–H groups in total. The zero-order valence-electron chi connectivity index (χ0n) is 12.7. The molecule has 3 aromatic rings. The van der Waals surface area contributed by atoms with Crippen LogP contribution in [-0.4, -0.2) is 27.9 Å². The van der Waals surface area contributed by atoms with Crippen molar-refractivity contribution in [1.29, 1.82) is 0 Å². The molecule has 0 atom stereocenters. The van der Waals surface area contributed by atoms with Crippen LogP contribution in [0, 0.1) is 5.82 Å². The number of carbonyl (C=O) groups is 1. The third-order valence-corrected chi connectivity index (χ3v) is 3.87. The number of nitrogens with one attached hydrogen (secondary N) is 1. The Morgan fingerprint density at radius 2 is 1.88 bits per heavy atom. The molecular weight excluding hydrogens is 356 g/mol. The molecule has 5 nitrogen and oxygen atoms in total. The monoisotopic (exact) mass is 364 g/mol. The van der Waals surface area contributed by atoms with Crippen LogP contribution in [-0.2, 0) is 0 Å². The number of hydrogen-bond donors (Lipinski definition) is 2. The summed E-state index contributed by atoms with van der Waals surface area (Å²) in [4.78, 5) is 19.2. The van der Waals surface area contributed by atoms with Gasteiger partial charge in [0.1, 0.15) is 17.3 Å². The number of ether oxygens (including phenoxy) is 1. The number of aromatic nitrogens is 1. The van der Waals surface area contributed by atoms with E-state index >= 15 is 0 Å². The average molecular weight is 364 g/mol. The number of fused-ring (bicyclic) bond motifs is 2. The highest BCUT2D eigenvalue weighted by atomic mass is 19.4. The highest BCUT2D eigenvalue weighted by molar-refractivity contribution is 6.56. The molecule has 1 aliphatic rings. The minimum atomic E-state index is -4.89. The molecule has 0 saturated heterocycles. The molecule has 0 spiro atoms. The molecule has 0 bridgehead atoms. The van der Waals surface area contributed by atoms with Crippen molar-refractivity contribution in [3.05, 3.63) is 53.3 Å². The maximum atomic E-state index is 13.4. The predicted octanol–water partition coefficient (Wildman–Crippen LogP) is 4.23.